The molecule has 0 aromatic heterocycles. The van der Waals surface area contributed by atoms with Crippen LogP contribution in [-0.4, -0.2) is 7.11 Å². The Hall–Kier alpha value is -0.720. The zero-order chi connectivity index (χ0) is 8.69. The highest BCUT2D eigenvalue weighted by Gasteiger charge is 1.93. The summed E-state index contributed by atoms with van der Waals surface area (Å²) < 4.78 is 5.16. The molecule has 0 spiro atoms. The lowest BCUT2D eigenvalue weighted by Crippen LogP contribution is -1.87. The van der Waals surface area contributed by atoms with Crippen molar-refractivity contribution >= 4 is 0 Å². The van der Waals surface area contributed by atoms with Gasteiger partial charge in [-0.1, -0.05) is 25.5 Å². The van der Waals surface area contributed by atoms with Crippen LogP contribution in [0.4, 0.5) is 0 Å². The molecule has 0 atom stereocenters. The molecule has 0 heterocycles. The minimum absolute atomic E-state index is 1.03. The topological polar surface area (TPSA) is 9.23 Å². The van der Waals surface area contributed by atoms with E-state index in [1.807, 2.05) is 13.0 Å². The minimum atomic E-state index is 1.03. The second-order valence-corrected chi connectivity index (χ2v) is 2.76. The molecule has 0 radical (unpaired) electrons. The van der Waals surface area contributed by atoms with E-state index in [1.54, 1.807) is 7.11 Å². The number of ether oxygens (including phenoxy) is 1. The fraction of sp³-hybridized carbons (Fsp3) is 0.600. The highest BCUT2D eigenvalue weighted by atomic mass is 16.5. The molecule has 64 valence electrons. The molecule has 0 aliphatic heterocycles. The second-order valence-electron chi connectivity index (χ2n) is 2.76. The number of hydrogen-bond donors (Lipinski definition) is 0. The lowest BCUT2D eigenvalue weighted by Gasteiger charge is -2.04. The molecule has 0 unspecified atom stereocenters. The molecular formula is C10H18O. The van der Waals surface area contributed by atoms with Gasteiger partial charge in [0, 0.05) is 6.42 Å². The molecule has 0 bridgehead atoms. The van der Waals surface area contributed by atoms with Crippen LogP contribution in [0, 0.1) is 0 Å². The lowest BCUT2D eigenvalue weighted by atomic mass is 10.2. The van der Waals surface area contributed by atoms with Gasteiger partial charge in [-0.15, -0.1) is 0 Å². The van der Waals surface area contributed by atoms with Gasteiger partial charge in [-0.05, 0) is 19.4 Å². The highest BCUT2D eigenvalue weighted by molar-refractivity contribution is 5.14. The van der Waals surface area contributed by atoms with E-state index in [9.17, 15) is 0 Å². The largest absolute Gasteiger partial charge is 0.501 e. The molecule has 11 heavy (non-hydrogen) atoms. The predicted molar refractivity (Wildman–Crippen MR) is 49.4 cm³/mol. The second kappa shape index (κ2) is 6.02. The molecule has 0 aliphatic rings. The summed E-state index contributed by atoms with van der Waals surface area (Å²) in [7, 11) is 1.71. The van der Waals surface area contributed by atoms with Gasteiger partial charge in [-0.25, -0.2) is 0 Å². The van der Waals surface area contributed by atoms with E-state index < -0.39 is 0 Å². The maximum atomic E-state index is 5.16. The first-order valence-corrected chi connectivity index (χ1v) is 4.10. The molecule has 0 aromatic rings. The summed E-state index contributed by atoms with van der Waals surface area (Å²) >= 11 is 0. The van der Waals surface area contributed by atoms with Gasteiger partial charge >= 0.3 is 0 Å². The van der Waals surface area contributed by atoms with Crippen molar-refractivity contribution in [2.45, 2.75) is 33.1 Å². The van der Waals surface area contributed by atoms with Gasteiger partial charge in [0.15, 0.2) is 0 Å². The summed E-state index contributed by atoms with van der Waals surface area (Å²) in [5.74, 6) is 1.04. The first-order chi connectivity index (χ1) is 5.20. The minimum Gasteiger partial charge on any atom is -0.501 e. The van der Waals surface area contributed by atoms with E-state index in [2.05, 4.69) is 13.5 Å². The van der Waals surface area contributed by atoms with E-state index >= 15 is 0 Å². The number of rotatable bonds is 5. The maximum Gasteiger partial charge on any atom is 0.0957 e. The molecule has 0 N–H and O–H groups in total. The Bertz CT molecular complexity index is 145. The molecule has 0 saturated carbocycles. The van der Waals surface area contributed by atoms with Crippen LogP contribution < -0.4 is 0 Å². The van der Waals surface area contributed by atoms with Gasteiger partial charge in [-0.3, -0.25) is 0 Å². The summed E-state index contributed by atoms with van der Waals surface area (Å²) in [5, 5.41) is 0. The van der Waals surface area contributed by atoms with Crippen LogP contribution in [0.3, 0.4) is 0 Å². The Balaban J connectivity index is 3.84. The normalized spacial score (nSPS) is 11.4. The van der Waals surface area contributed by atoms with Gasteiger partial charge in [0.2, 0.25) is 0 Å². The fourth-order valence-corrected chi connectivity index (χ4v) is 0.859. The van der Waals surface area contributed by atoms with Crippen molar-refractivity contribution in [3.8, 4) is 0 Å². The highest BCUT2D eigenvalue weighted by Crippen LogP contribution is 2.09. The Morgan fingerprint density at radius 2 is 2.18 bits per heavy atom. The fourth-order valence-electron chi connectivity index (χ4n) is 0.859. The van der Waals surface area contributed by atoms with Crippen molar-refractivity contribution in [3.63, 3.8) is 0 Å². The average Bonchev–Trinajstić information content (AvgIpc) is 1.97. The maximum absolute atomic E-state index is 5.16. The van der Waals surface area contributed by atoms with Crippen molar-refractivity contribution in [2.24, 2.45) is 0 Å². The summed E-state index contributed by atoms with van der Waals surface area (Å²) in [6, 6.07) is 0. The van der Waals surface area contributed by atoms with Gasteiger partial charge < -0.3 is 4.74 Å². The third kappa shape index (κ3) is 5.71. The van der Waals surface area contributed by atoms with Gasteiger partial charge in [-0.2, -0.15) is 0 Å². The van der Waals surface area contributed by atoms with E-state index in [4.69, 9.17) is 4.74 Å². The molecule has 0 rings (SSSR count). The molecule has 0 amide bonds. The zero-order valence-corrected chi connectivity index (χ0v) is 7.81. The summed E-state index contributed by atoms with van der Waals surface area (Å²) in [5.41, 5.74) is 1.05. The first kappa shape index (κ1) is 10.3. The molecule has 1 nitrogen and oxygen atoms in total. The van der Waals surface area contributed by atoms with Crippen LogP contribution in [-0.2, 0) is 4.74 Å². The van der Waals surface area contributed by atoms with Crippen molar-refractivity contribution in [1.29, 1.82) is 0 Å². The molecule has 0 aliphatic carbocycles. The van der Waals surface area contributed by atoms with E-state index in [0.29, 0.717) is 0 Å². The van der Waals surface area contributed by atoms with Crippen LogP contribution >= 0.6 is 0 Å². The Morgan fingerprint density at radius 3 is 2.55 bits per heavy atom. The average molecular weight is 154 g/mol. The van der Waals surface area contributed by atoms with E-state index in [-0.39, 0.29) is 0 Å². The Kier molecular flexibility index (Phi) is 5.63. The van der Waals surface area contributed by atoms with Crippen LogP contribution in [0.15, 0.2) is 24.0 Å². The number of allylic oxidation sites excluding steroid dienone is 3. The predicted octanol–water partition coefficient (Wildman–Crippen LogP) is 3.28. The summed E-state index contributed by atoms with van der Waals surface area (Å²) in [4.78, 5) is 0. The third-order valence-corrected chi connectivity index (χ3v) is 1.45. The zero-order valence-electron chi connectivity index (χ0n) is 7.81. The third-order valence-electron chi connectivity index (χ3n) is 1.45. The number of methoxy groups -OCH3 is 1. The van der Waals surface area contributed by atoms with Crippen LogP contribution in [0.5, 0.6) is 0 Å². The van der Waals surface area contributed by atoms with Crippen LogP contribution in [0.25, 0.3) is 0 Å². The molecular weight excluding hydrogens is 136 g/mol. The van der Waals surface area contributed by atoms with Gasteiger partial charge in [0.1, 0.15) is 0 Å². The van der Waals surface area contributed by atoms with Gasteiger partial charge in [0.05, 0.1) is 12.9 Å². The molecule has 0 aromatic carbocycles. The standard InChI is InChI=1S/C10H18O/c1-5-6-7-10(11-4)8-9(2)3/h8H,2,5-7H2,1,3-4H3. The van der Waals surface area contributed by atoms with E-state index in [0.717, 1.165) is 17.8 Å². The smallest absolute Gasteiger partial charge is 0.0957 e. The SMILES string of the molecule is C=C(C)C=C(CCCC)OC. The van der Waals surface area contributed by atoms with Crippen LogP contribution in [0.1, 0.15) is 33.1 Å². The molecule has 1 heteroatoms. The van der Waals surface area contributed by atoms with Crippen LogP contribution in [0.2, 0.25) is 0 Å². The van der Waals surface area contributed by atoms with Crippen molar-refractivity contribution in [3.05, 3.63) is 24.0 Å². The number of unbranched alkanes of at least 4 members (excludes halogenated alkanes) is 1. The van der Waals surface area contributed by atoms with Crippen molar-refractivity contribution in [2.75, 3.05) is 7.11 Å². The van der Waals surface area contributed by atoms with Gasteiger partial charge in [0.25, 0.3) is 0 Å². The summed E-state index contributed by atoms with van der Waals surface area (Å²) in [6.45, 7) is 7.95. The summed E-state index contributed by atoms with van der Waals surface area (Å²) in [6.07, 6.45) is 5.42. The quantitative estimate of drug-likeness (QED) is 0.436. The van der Waals surface area contributed by atoms with E-state index in [1.165, 1.54) is 12.8 Å². The lowest BCUT2D eigenvalue weighted by molar-refractivity contribution is 0.274. The molecule has 0 fully saturated rings. The monoisotopic (exact) mass is 154 g/mol. The first-order valence-electron chi connectivity index (χ1n) is 4.10. The van der Waals surface area contributed by atoms with Crippen molar-refractivity contribution in [1.82, 2.24) is 0 Å². The number of hydrogen-bond acceptors (Lipinski definition) is 1. The Labute approximate surface area is 69.8 Å². The molecule has 0 saturated heterocycles. The Morgan fingerprint density at radius 1 is 1.55 bits per heavy atom. The van der Waals surface area contributed by atoms with Crippen molar-refractivity contribution < 1.29 is 4.74 Å².